The van der Waals surface area contributed by atoms with Crippen molar-refractivity contribution in [1.82, 2.24) is 10.3 Å². The van der Waals surface area contributed by atoms with Crippen LogP contribution in [0.25, 0.3) is 11.1 Å². The van der Waals surface area contributed by atoms with Crippen molar-refractivity contribution < 1.29 is 14.3 Å². The molecule has 0 bridgehead atoms. The van der Waals surface area contributed by atoms with Crippen molar-refractivity contribution in [3.05, 3.63) is 48.2 Å². The number of carbonyl (C=O) groups is 1. The van der Waals surface area contributed by atoms with E-state index in [0.717, 1.165) is 17.5 Å². The van der Waals surface area contributed by atoms with Gasteiger partial charge in [0.2, 0.25) is 5.88 Å². The molecule has 0 saturated heterocycles. The fourth-order valence-electron chi connectivity index (χ4n) is 2.72. The molecule has 5 nitrogen and oxygen atoms in total. The third kappa shape index (κ3) is 4.50. The number of rotatable bonds is 4. The van der Waals surface area contributed by atoms with Gasteiger partial charge in [-0.2, -0.15) is 0 Å². The second-order valence-electron chi connectivity index (χ2n) is 7.37. The standard InChI is InChI=1S/C20H24N2O3/c1-20(2,3)22-19(23)25-17-11-16(17)14-7-5-13(6-8-14)15-9-10-18(24-4)21-12-15/h5-10,12,16-17H,11H2,1-4H3,(H,22,23). The highest BCUT2D eigenvalue weighted by Crippen LogP contribution is 2.43. The number of hydrogen-bond acceptors (Lipinski definition) is 4. The zero-order chi connectivity index (χ0) is 18.0. The van der Waals surface area contributed by atoms with Gasteiger partial charge in [-0.15, -0.1) is 0 Å². The van der Waals surface area contributed by atoms with E-state index in [1.54, 1.807) is 13.3 Å². The van der Waals surface area contributed by atoms with Gasteiger partial charge < -0.3 is 14.8 Å². The lowest BCUT2D eigenvalue weighted by atomic mass is 10.0. The molecule has 1 N–H and O–H groups in total. The zero-order valence-corrected chi connectivity index (χ0v) is 15.1. The average molecular weight is 340 g/mol. The van der Waals surface area contributed by atoms with Gasteiger partial charge in [0.25, 0.3) is 0 Å². The lowest BCUT2D eigenvalue weighted by Crippen LogP contribution is -2.41. The molecule has 0 aliphatic heterocycles. The van der Waals surface area contributed by atoms with Gasteiger partial charge in [-0.3, -0.25) is 0 Å². The molecule has 5 heteroatoms. The summed E-state index contributed by atoms with van der Waals surface area (Å²) in [6.45, 7) is 5.81. The lowest BCUT2D eigenvalue weighted by Gasteiger charge is -2.20. The summed E-state index contributed by atoms with van der Waals surface area (Å²) in [6, 6.07) is 12.2. The average Bonchev–Trinajstić information content (AvgIpc) is 3.32. The topological polar surface area (TPSA) is 60.5 Å². The summed E-state index contributed by atoms with van der Waals surface area (Å²) in [5.74, 6) is 0.889. The molecule has 2 unspecified atom stereocenters. The molecule has 0 spiro atoms. The highest BCUT2D eigenvalue weighted by molar-refractivity contribution is 5.69. The second kappa shape index (κ2) is 6.75. The summed E-state index contributed by atoms with van der Waals surface area (Å²) in [5, 5.41) is 2.82. The molecular weight excluding hydrogens is 316 g/mol. The van der Waals surface area contributed by atoms with E-state index in [1.165, 1.54) is 5.56 Å². The number of aromatic nitrogens is 1. The van der Waals surface area contributed by atoms with Crippen molar-refractivity contribution >= 4 is 6.09 Å². The van der Waals surface area contributed by atoms with Gasteiger partial charge in [-0.1, -0.05) is 24.3 Å². The Kier molecular flexibility index (Phi) is 4.66. The summed E-state index contributed by atoms with van der Waals surface area (Å²) in [5.41, 5.74) is 3.05. The van der Waals surface area contributed by atoms with Gasteiger partial charge in [-0.25, -0.2) is 9.78 Å². The first-order valence-corrected chi connectivity index (χ1v) is 8.45. The number of hydrogen-bond donors (Lipinski definition) is 1. The van der Waals surface area contributed by atoms with Crippen molar-refractivity contribution in [2.75, 3.05) is 7.11 Å². The van der Waals surface area contributed by atoms with E-state index < -0.39 is 0 Å². The van der Waals surface area contributed by atoms with E-state index in [9.17, 15) is 4.79 Å². The van der Waals surface area contributed by atoms with Crippen molar-refractivity contribution in [2.45, 2.75) is 44.8 Å². The normalized spacial score (nSPS) is 19.2. The lowest BCUT2D eigenvalue weighted by molar-refractivity contribution is 0.128. The first-order valence-electron chi connectivity index (χ1n) is 8.45. The number of pyridine rings is 1. The first kappa shape index (κ1) is 17.3. The van der Waals surface area contributed by atoms with E-state index >= 15 is 0 Å². The largest absolute Gasteiger partial charge is 0.481 e. The number of alkyl carbamates (subject to hydrolysis) is 1. The zero-order valence-electron chi connectivity index (χ0n) is 15.1. The molecule has 1 amide bonds. The maximum Gasteiger partial charge on any atom is 0.407 e. The molecule has 1 aromatic heterocycles. The molecule has 0 radical (unpaired) electrons. The quantitative estimate of drug-likeness (QED) is 0.909. The van der Waals surface area contributed by atoms with Gasteiger partial charge in [0.1, 0.15) is 6.10 Å². The number of ether oxygens (including phenoxy) is 2. The highest BCUT2D eigenvalue weighted by atomic mass is 16.6. The van der Waals surface area contributed by atoms with Gasteiger partial charge in [0.05, 0.1) is 7.11 Å². The summed E-state index contributed by atoms with van der Waals surface area (Å²) in [6.07, 6.45) is 2.30. The minimum atomic E-state index is -0.346. The van der Waals surface area contributed by atoms with E-state index in [-0.39, 0.29) is 23.7 Å². The van der Waals surface area contributed by atoms with Crippen LogP contribution in [0.3, 0.4) is 0 Å². The SMILES string of the molecule is COc1ccc(-c2ccc(C3CC3OC(=O)NC(C)(C)C)cc2)cn1. The van der Waals surface area contributed by atoms with Gasteiger partial charge in [-0.05, 0) is 44.4 Å². The molecular formula is C20H24N2O3. The molecule has 2 atom stereocenters. The molecule has 1 saturated carbocycles. The molecule has 2 aromatic rings. The predicted octanol–water partition coefficient (Wildman–Crippen LogP) is 4.14. The Labute approximate surface area is 148 Å². The minimum absolute atomic E-state index is 0.0316. The Morgan fingerprint density at radius 2 is 1.80 bits per heavy atom. The van der Waals surface area contributed by atoms with Crippen molar-refractivity contribution in [3.63, 3.8) is 0 Å². The van der Waals surface area contributed by atoms with Crippen molar-refractivity contribution in [1.29, 1.82) is 0 Å². The van der Waals surface area contributed by atoms with Crippen LogP contribution in [0, 0.1) is 0 Å². The van der Waals surface area contributed by atoms with Crippen LogP contribution in [0.2, 0.25) is 0 Å². The molecule has 1 aliphatic carbocycles. The monoisotopic (exact) mass is 340 g/mol. The van der Waals surface area contributed by atoms with Crippen LogP contribution >= 0.6 is 0 Å². The fourth-order valence-corrected chi connectivity index (χ4v) is 2.72. The molecule has 132 valence electrons. The van der Waals surface area contributed by atoms with Crippen molar-refractivity contribution in [2.24, 2.45) is 0 Å². The molecule has 3 rings (SSSR count). The molecule has 1 aromatic carbocycles. The Morgan fingerprint density at radius 1 is 1.12 bits per heavy atom. The van der Waals surface area contributed by atoms with Crippen LogP contribution in [0.4, 0.5) is 4.79 Å². The van der Waals surface area contributed by atoms with Crippen LogP contribution in [-0.2, 0) is 4.74 Å². The number of amides is 1. The smallest absolute Gasteiger partial charge is 0.407 e. The molecule has 1 fully saturated rings. The van der Waals surface area contributed by atoms with Gasteiger partial charge in [0.15, 0.2) is 0 Å². The van der Waals surface area contributed by atoms with Gasteiger partial charge in [0, 0.05) is 29.3 Å². The third-order valence-electron chi connectivity index (χ3n) is 4.09. The maximum absolute atomic E-state index is 11.8. The van der Waals surface area contributed by atoms with E-state index in [2.05, 4.69) is 34.6 Å². The fraction of sp³-hybridized carbons (Fsp3) is 0.400. The number of methoxy groups -OCH3 is 1. The third-order valence-corrected chi connectivity index (χ3v) is 4.09. The number of nitrogens with zero attached hydrogens (tertiary/aromatic N) is 1. The Morgan fingerprint density at radius 3 is 2.36 bits per heavy atom. The number of nitrogens with one attached hydrogen (secondary N) is 1. The van der Waals surface area contributed by atoms with E-state index in [4.69, 9.17) is 9.47 Å². The minimum Gasteiger partial charge on any atom is -0.481 e. The highest BCUT2D eigenvalue weighted by Gasteiger charge is 2.42. The Balaban J connectivity index is 1.59. The van der Waals surface area contributed by atoms with E-state index in [1.807, 2.05) is 32.9 Å². The first-order chi connectivity index (χ1) is 11.9. The van der Waals surface area contributed by atoms with Crippen LogP contribution in [0.15, 0.2) is 42.6 Å². The Hall–Kier alpha value is -2.56. The van der Waals surface area contributed by atoms with Crippen LogP contribution in [0.5, 0.6) is 5.88 Å². The molecule has 1 heterocycles. The van der Waals surface area contributed by atoms with Gasteiger partial charge >= 0.3 is 6.09 Å². The maximum atomic E-state index is 11.8. The predicted molar refractivity (Wildman–Crippen MR) is 96.7 cm³/mol. The molecule has 1 aliphatic rings. The van der Waals surface area contributed by atoms with E-state index in [0.29, 0.717) is 5.88 Å². The number of benzene rings is 1. The number of carbonyl (C=O) groups excluding carboxylic acids is 1. The Bertz CT molecular complexity index is 733. The van der Waals surface area contributed by atoms with Crippen LogP contribution < -0.4 is 10.1 Å². The summed E-state index contributed by atoms with van der Waals surface area (Å²) in [7, 11) is 1.60. The molecule has 25 heavy (non-hydrogen) atoms. The summed E-state index contributed by atoms with van der Waals surface area (Å²) in [4.78, 5) is 16.1. The van der Waals surface area contributed by atoms with Crippen LogP contribution in [-0.4, -0.2) is 29.8 Å². The van der Waals surface area contributed by atoms with Crippen molar-refractivity contribution in [3.8, 4) is 17.0 Å². The summed E-state index contributed by atoms with van der Waals surface area (Å²) >= 11 is 0. The van der Waals surface area contributed by atoms with Crippen LogP contribution in [0.1, 0.15) is 38.7 Å². The summed E-state index contributed by atoms with van der Waals surface area (Å²) < 4.78 is 10.6. The second-order valence-corrected chi connectivity index (χ2v) is 7.37.